The molecule has 1 saturated heterocycles. The van der Waals surface area contributed by atoms with Crippen LogP contribution in [-0.4, -0.2) is 53.7 Å². The lowest BCUT2D eigenvalue weighted by atomic mass is 10.0. The van der Waals surface area contributed by atoms with Gasteiger partial charge in [0, 0.05) is 6.42 Å². The summed E-state index contributed by atoms with van der Waals surface area (Å²) in [6, 6.07) is 5.62. The zero-order valence-corrected chi connectivity index (χ0v) is 15.9. The summed E-state index contributed by atoms with van der Waals surface area (Å²) in [5, 5.41) is 14.6. The van der Waals surface area contributed by atoms with Gasteiger partial charge in [-0.2, -0.15) is 0 Å². The maximum Gasteiger partial charge on any atom is 0.325 e. The summed E-state index contributed by atoms with van der Waals surface area (Å²) >= 11 is 0. The van der Waals surface area contributed by atoms with Crippen molar-refractivity contribution in [1.29, 1.82) is 0 Å². The molecule has 8 nitrogen and oxygen atoms in total. The first-order valence-electron chi connectivity index (χ1n) is 9.00. The van der Waals surface area contributed by atoms with E-state index >= 15 is 0 Å². The largest absolute Gasteiger partial charge is 0.497 e. The maximum absolute atomic E-state index is 12.5. The van der Waals surface area contributed by atoms with Gasteiger partial charge in [0.15, 0.2) is 0 Å². The van der Waals surface area contributed by atoms with Gasteiger partial charge in [0.2, 0.25) is 5.91 Å². The van der Waals surface area contributed by atoms with Gasteiger partial charge < -0.3 is 20.5 Å². The summed E-state index contributed by atoms with van der Waals surface area (Å²) in [5.74, 6) is 0.207. The predicted octanol–water partition coefficient (Wildman–Crippen LogP) is 1.03. The fraction of sp³-hybridized carbons (Fsp3) is 0.526. The van der Waals surface area contributed by atoms with Crippen LogP contribution >= 0.6 is 0 Å². The molecule has 8 heteroatoms. The summed E-state index contributed by atoms with van der Waals surface area (Å²) < 4.78 is 5.09. The predicted molar refractivity (Wildman–Crippen MR) is 99.0 cm³/mol. The van der Waals surface area contributed by atoms with Gasteiger partial charge in [-0.3, -0.25) is 14.5 Å². The molecule has 4 amide bonds. The fourth-order valence-corrected chi connectivity index (χ4v) is 2.81. The highest BCUT2D eigenvalue weighted by molar-refractivity contribution is 6.04. The van der Waals surface area contributed by atoms with Crippen LogP contribution in [0, 0.1) is 5.92 Å². The molecule has 27 heavy (non-hydrogen) atoms. The van der Waals surface area contributed by atoms with Crippen LogP contribution in [-0.2, 0) is 16.1 Å². The number of hydrogen-bond donors (Lipinski definition) is 3. The Morgan fingerprint density at radius 3 is 2.52 bits per heavy atom. The molecule has 2 rings (SSSR count). The lowest BCUT2D eigenvalue weighted by molar-refractivity contribution is -0.128. The van der Waals surface area contributed by atoms with Gasteiger partial charge in [-0.25, -0.2) is 4.79 Å². The lowest BCUT2D eigenvalue weighted by Gasteiger charge is -2.20. The summed E-state index contributed by atoms with van der Waals surface area (Å²) in [7, 11) is 1.57. The van der Waals surface area contributed by atoms with Crippen molar-refractivity contribution in [3.8, 4) is 5.75 Å². The van der Waals surface area contributed by atoms with E-state index in [4.69, 9.17) is 4.74 Å². The van der Waals surface area contributed by atoms with E-state index in [1.807, 2.05) is 13.8 Å². The number of imide groups is 1. The fourth-order valence-electron chi connectivity index (χ4n) is 2.81. The Labute approximate surface area is 158 Å². The third-order valence-corrected chi connectivity index (χ3v) is 4.61. The first-order chi connectivity index (χ1) is 12.8. The van der Waals surface area contributed by atoms with Gasteiger partial charge >= 0.3 is 6.03 Å². The number of aliphatic hydroxyl groups excluding tert-OH is 1. The van der Waals surface area contributed by atoms with Crippen LogP contribution in [0.4, 0.5) is 4.79 Å². The van der Waals surface area contributed by atoms with Crippen LogP contribution in [0.25, 0.3) is 0 Å². The molecule has 0 saturated carbocycles. The number of methoxy groups -OCH3 is 1. The van der Waals surface area contributed by atoms with E-state index in [0.717, 1.165) is 10.5 Å². The molecule has 3 N–H and O–H groups in total. The van der Waals surface area contributed by atoms with E-state index in [0.29, 0.717) is 5.75 Å². The van der Waals surface area contributed by atoms with Gasteiger partial charge in [-0.1, -0.05) is 26.0 Å². The number of benzene rings is 1. The number of carbonyl (C=O) groups excluding carboxylic acids is 3. The second-order valence-electron chi connectivity index (χ2n) is 6.91. The van der Waals surface area contributed by atoms with Crippen LogP contribution < -0.4 is 15.4 Å². The highest BCUT2D eigenvalue weighted by Gasteiger charge is 2.37. The highest BCUT2D eigenvalue weighted by atomic mass is 16.5. The highest BCUT2D eigenvalue weighted by Crippen LogP contribution is 2.17. The number of aliphatic hydroxyl groups is 1. The van der Waals surface area contributed by atoms with E-state index < -0.39 is 12.1 Å². The Balaban J connectivity index is 1.88. The molecule has 1 aromatic carbocycles. The summed E-state index contributed by atoms with van der Waals surface area (Å²) in [5.41, 5.74) is 0.806. The molecule has 0 radical (unpaired) electrons. The van der Waals surface area contributed by atoms with E-state index in [1.54, 1.807) is 31.4 Å². The summed E-state index contributed by atoms with van der Waals surface area (Å²) in [6.45, 7) is 3.83. The maximum atomic E-state index is 12.5. The first-order valence-corrected chi connectivity index (χ1v) is 9.00. The summed E-state index contributed by atoms with van der Waals surface area (Å²) in [6.07, 6.45) is 0.308. The molecular formula is C19H27N3O5. The number of ether oxygens (including phenoxy) is 1. The quantitative estimate of drug-likeness (QED) is 0.557. The number of urea groups is 1. The van der Waals surface area contributed by atoms with Crippen molar-refractivity contribution in [2.24, 2.45) is 5.92 Å². The van der Waals surface area contributed by atoms with Crippen molar-refractivity contribution in [1.82, 2.24) is 15.5 Å². The smallest absolute Gasteiger partial charge is 0.325 e. The Morgan fingerprint density at radius 1 is 1.30 bits per heavy atom. The minimum atomic E-state index is -0.715. The molecule has 1 aromatic rings. The molecule has 1 aliphatic heterocycles. The molecule has 0 aliphatic carbocycles. The van der Waals surface area contributed by atoms with E-state index in [-0.39, 0.29) is 49.8 Å². The minimum absolute atomic E-state index is 0.0935. The first kappa shape index (κ1) is 20.7. The third kappa shape index (κ3) is 5.43. The Bertz CT molecular complexity index is 674. The molecule has 0 unspecified atom stereocenters. The van der Waals surface area contributed by atoms with Crippen molar-refractivity contribution >= 4 is 17.8 Å². The van der Waals surface area contributed by atoms with Gasteiger partial charge in [-0.05, 0) is 30.0 Å². The van der Waals surface area contributed by atoms with Crippen LogP contribution in [0.1, 0.15) is 32.3 Å². The van der Waals surface area contributed by atoms with Crippen LogP contribution in [0.15, 0.2) is 24.3 Å². The third-order valence-electron chi connectivity index (χ3n) is 4.61. The van der Waals surface area contributed by atoms with Crippen LogP contribution in [0.5, 0.6) is 5.75 Å². The number of rotatable bonds is 9. The van der Waals surface area contributed by atoms with Crippen LogP contribution in [0.2, 0.25) is 0 Å². The molecule has 0 spiro atoms. The Hall–Kier alpha value is -2.61. The Morgan fingerprint density at radius 2 is 1.96 bits per heavy atom. The number of hydrogen-bond acceptors (Lipinski definition) is 5. The minimum Gasteiger partial charge on any atom is -0.497 e. The van der Waals surface area contributed by atoms with Gasteiger partial charge in [0.1, 0.15) is 11.8 Å². The van der Waals surface area contributed by atoms with Gasteiger partial charge in [-0.15, -0.1) is 0 Å². The number of nitrogens with one attached hydrogen (secondary N) is 2. The van der Waals surface area contributed by atoms with Gasteiger partial charge in [0.25, 0.3) is 5.91 Å². The van der Waals surface area contributed by atoms with Gasteiger partial charge in [0.05, 0.1) is 26.3 Å². The zero-order valence-electron chi connectivity index (χ0n) is 15.9. The van der Waals surface area contributed by atoms with E-state index in [9.17, 15) is 19.5 Å². The molecule has 2 atom stereocenters. The number of carbonyl (C=O) groups is 3. The second-order valence-corrected chi connectivity index (χ2v) is 6.91. The molecule has 1 fully saturated rings. The molecule has 0 bridgehead atoms. The summed E-state index contributed by atoms with van der Waals surface area (Å²) in [4.78, 5) is 37.8. The standard InChI is InChI=1S/C19H27N3O5/c1-12(2)16(11-23)20-17(24)9-8-15-18(25)22(19(26)21-15)10-13-4-6-14(27-3)7-5-13/h4-7,12,15-16,23H,8-11H2,1-3H3,(H,20,24)(H,21,26)/t15-,16+/m0/s1. The molecule has 1 aliphatic rings. The van der Waals surface area contributed by atoms with Crippen molar-refractivity contribution in [3.63, 3.8) is 0 Å². The molecule has 148 valence electrons. The second kappa shape index (κ2) is 9.36. The average Bonchev–Trinajstić information content (AvgIpc) is 2.92. The molecule has 1 heterocycles. The van der Waals surface area contributed by atoms with E-state index in [1.165, 1.54) is 0 Å². The topological polar surface area (TPSA) is 108 Å². The molecule has 0 aromatic heterocycles. The lowest BCUT2D eigenvalue weighted by Crippen LogP contribution is -2.42. The molecular weight excluding hydrogens is 350 g/mol. The number of nitrogens with zero attached hydrogens (tertiary/aromatic N) is 1. The van der Waals surface area contributed by atoms with Crippen molar-refractivity contribution in [2.75, 3.05) is 13.7 Å². The number of amides is 4. The Kier molecular flexibility index (Phi) is 7.18. The van der Waals surface area contributed by atoms with Crippen LogP contribution in [0.3, 0.4) is 0 Å². The normalized spacial score (nSPS) is 17.8. The SMILES string of the molecule is COc1ccc(CN2C(=O)N[C@@H](CCC(=O)N[C@H](CO)C(C)C)C2=O)cc1. The monoisotopic (exact) mass is 377 g/mol. The van der Waals surface area contributed by atoms with E-state index in [2.05, 4.69) is 10.6 Å². The average molecular weight is 377 g/mol. The van der Waals surface area contributed by atoms with Crippen molar-refractivity contribution in [3.05, 3.63) is 29.8 Å². The van der Waals surface area contributed by atoms with Crippen molar-refractivity contribution in [2.45, 2.75) is 45.3 Å². The van der Waals surface area contributed by atoms with Crippen molar-refractivity contribution < 1.29 is 24.2 Å². The zero-order chi connectivity index (χ0) is 20.0.